The molecule has 1 heterocycles. The third-order valence-corrected chi connectivity index (χ3v) is 3.73. The zero-order chi connectivity index (χ0) is 17.9. The molecule has 0 aromatic carbocycles. The van der Waals surface area contributed by atoms with Crippen molar-refractivity contribution in [1.29, 1.82) is 0 Å². The summed E-state index contributed by atoms with van der Waals surface area (Å²) in [4.78, 5) is 47.2. The van der Waals surface area contributed by atoms with E-state index in [1.165, 1.54) is 0 Å². The molecule has 2 unspecified atom stereocenters. The van der Waals surface area contributed by atoms with Crippen molar-refractivity contribution in [2.45, 2.75) is 64.5 Å². The Morgan fingerprint density at radius 1 is 0.833 bits per heavy atom. The Bertz CT molecular complexity index is 425. The van der Waals surface area contributed by atoms with Crippen molar-refractivity contribution in [3.8, 4) is 0 Å². The first-order valence-corrected chi connectivity index (χ1v) is 8.62. The highest BCUT2D eigenvalue weighted by molar-refractivity contribution is 5.97. The third-order valence-electron chi connectivity index (χ3n) is 3.73. The van der Waals surface area contributed by atoms with Crippen molar-refractivity contribution in [1.82, 2.24) is 21.3 Å². The Morgan fingerprint density at radius 2 is 1.21 bits per heavy atom. The molecular weight excluding hydrogens is 312 g/mol. The summed E-state index contributed by atoms with van der Waals surface area (Å²) in [6, 6.07) is -1.40. The lowest BCUT2D eigenvalue weighted by atomic mass is 10.0. The van der Waals surface area contributed by atoms with Gasteiger partial charge in [-0.05, 0) is 25.7 Å². The van der Waals surface area contributed by atoms with Gasteiger partial charge < -0.3 is 21.3 Å². The minimum atomic E-state index is -0.699. The summed E-state index contributed by atoms with van der Waals surface area (Å²) in [7, 11) is 0. The molecule has 1 fully saturated rings. The number of carbonyl (C=O) groups is 4. The zero-order valence-corrected chi connectivity index (χ0v) is 14.4. The molecule has 1 aliphatic rings. The lowest BCUT2D eigenvalue weighted by Gasteiger charge is -2.29. The van der Waals surface area contributed by atoms with Gasteiger partial charge in [0.2, 0.25) is 23.6 Å². The van der Waals surface area contributed by atoms with Gasteiger partial charge in [0.25, 0.3) is 0 Å². The number of nitrogens with one attached hydrogen (secondary N) is 4. The third kappa shape index (κ3) is 6.97. The van der Waals surface area contributed by atoms with Crippen LogP contribution in [0.15, 0.2) is 0 Å². The maximum absolute atomic E-state index is 12.0. The van der Waals surface area contributed by atoms with Gasteiger partial charge in [-0.3, -0.25) is 19.2 Å². The van der Waals surface area contributed by atoms with Gasteiger partial charge in [0.15, 0.2) is 0 Å². The molecule has 0 aromatic heterocycles. The van der Waals surface area contributed by atoms with Gasteiger partial charge in [-0.2, -0.15) is 0 Å². The van der Waals surface area contributed by atoms with Crippen molar-refractivity contribution < 1.29 is 19.2 Å². The van der Waals surface area contributed by atoms with Crippen LogP contribution in [0.5, 0.6) is 0 Å². The summed E-state index contributed by atoms with van der Waals surface area (Å²) in [5.41, 5.74) is 0. The smallest absolute Gasteiger partial charge is 0.243 e. The second-order valence-electron chi connectivity index (χ2n) is 5.90. The van der Waals surface area contributed by atoms with Crippen LogP contribution in [-0.4, -0.2) is 48.8 Å². The molecule has 0 aromatic rings. The lowest BCUT2D eigenvalue weighted by molar-refractivity contribution is -0.137. The number of carbonyl (C=O) groups excluding carboxylic acids is 4. The van der Waals surface area contributed by atoms with Gasteiger partial charge in [-0.1, -0.05) is 13.8 Å². The molecule has 0 aliphatic carbocycles. The summed E-state index contributed by atoms with van der Waals surface area (Å²) in [6.07, 6.45) is 2.58. The van der Waals surface area contributed by atoms with Crippen LogP contribution in [-0.2, 0) is 19.2 Å². The van der Waals surface area contributed by atoms with Crippen molar-refractivity contribution >= 4 is 23.6 Å². The average molecular weight is 340 g/mol. The number of hydrogen-bond acceptors (Lipinski definition) is 4. The fraction of sp³-hybridized carbons (Fsp3) is 0.750. The molecule has 1 rings (SSSR count). The van der Waals surface area contributed by atoms with Crippen molar-refractivity contribution in [3.63, 3.8) is 0 Å². The topological polar surface area (TPSA) is 116 Å². The highest BCUT2D eigenvalue weighted by Crippen LogP contribution is 2.08. The van der Waals surface area contributed by atoms with Crippen molar-refractivity contribution in [2.24, 2.45) is 0 Å². The largest absolute Gasteiger partial charge is 0.356 e. The molecule has 4 amide bonds. The molecule has 0 bridgehead atoms. The summed E-state index contributed by atoms with van der Waals surface area (Å²) in [5.74, 6) is -0.879. The van der Waals surface area contributed by atoms with Gasteiger partial charge in [0.1, 0.15) is 12.1 Å². The van der Waals surface area contributed by atoms with Gasteiger partial charge in [0.05, 0.1) is 0 Å². The van der Waals surface area contributed by atoms with E-state index in [0.29, 0.717) is 13.1 Å². The van der Waals surface area contributed by atoms with E-state index in [0.717, 1.165) is 12.8 Å². The Kier molecular flexibility index (Phi) is 8.81. The van der Waals surface area contributed by atoms with Crippen LogP contribution in [0.4, 0.5) is 0 Å². The molecule has 4 N–H and O–H groups in total. The molecule has 1 aliphatic heterocycles. The second-order valence-corrected chi connectivity index (χ2v) is 5.90. The zero-order valence-electron chi connectivity index (χ0n) is 14.4. The molecule has 24 heavy (non-hydrogen) atoms. The predicted molar refractivity (Wildman–Crippen MR) is 88.9 cm³/mol. The Hall–Kier alpha value is -2.12. The van der Waals surface area contributed by atoms with E-state index in [2.05, 4.69) is 21.3 Å². The minimum Gasteiger partial charge on any atom is -0.356 e. The molecule has 136 valence electrons. The fourth-order valence-electron chi connectivity index (χ4n) is 2.34. The van der Waals surface area contributed by atoms with Crippen molar-refractivity contribution in [2.75, 3.05) is 13.1 Å². The Balaban J connectivity index is 2.35. The normalized spacial score (nSPS) is 20.1. The van der Waals surface area contributed by atoms with Gasteiger partial charge in [0, 0.05) is 25.9 Å². The van der Waals surface area contributed by atoms with E-state index in [4.69, 9.17) is 0 Å². The lowest BCUT2D eigenvalue weighted by Crippen LogP contribution is -2.61. The SMILES string of the molecule is CCCNC(=O)CCC1NC(=O)C(CCC(=O)NCCC)NC1=O. The standard InChI is InChI=1S/C16H28N4O4/c1-3-9-17-13(21)7-5-11-15(23)20-12(16(24)19-11)6-8-14(22)18-10-4-2/h11-12H,3-10H2,1-2H3,(H,17,21)(H,18,22)(H,19,24)(H,20,23). The van der Waals surface area contributed by atoms with E-state index >= 15 is 0 Å². The number of amides is 4. The number of piperazine rings is 1. The predicted octanol–water partition coefficient (Wildman–Crippen LogP) is -0.418. The molecule has 0 saturated carbocycles. The van der Waals surface area contributed by atoms with Crippen LogP contribution >= 0.6 is 0 Å². The maximum atomic E-state index is 12.0. The minimum absolute atomic E-state index is 0.131. The quantitative estimate of drug-likeness (QED) is 0.432. The van der Waals surface area contributed by atoms with Gasteiger partial charge in [-0.25, -0.2) is 0 Å². The second kappa shape index (κ2) is 10.6. The first kappa shape index (κ1) is 19.9. The highest BCUT2D eigenvalue weighted by atomic mass is 16.2. The first-order valence-electron chi connectivity index (χ1n) is 8.62. The van der Waals surface area contributed by atoms with Crippen LogP contribution in [0.3, 0.4) is 0 Å². The van der Waals surface area contributed by atoms with E-state index in [-0.39, 0.29) is 49.3 Å². The van der Waals surface area contributed by atoms with Crippen molar-refractivity contribution in [3.05, 3.63) is 0 Å². The summed E-state index contributed by atoms with van der Waals surface area (Å²) in [5, 5.41) is 10.7. The van der Waals surface area contributed by atoms with Crippen LogP contribution in [0.1, 0.15) is 52.4 Å². The number of rotatable bonds is 10. The van der Waals surface area contributed by atoms with Crippen LogP contribution in [0.2, 0.25) is 0 Å². The summed E-state index contributed by atoms with van der Waals surface area (Å²) in [6.45, 7) is 5.12. The molecular formula is C16H28N4O4. The number of hydrogen-bond donors (Lipinski definition) is 4. The van der Waals surface area contributed by atoms with Gasteiger partial charge in [-0.15, -0.1) is 0 Å². The van der Waals surface area contributed by atoms with Crippen LogP contribution in [0, 0.1) is 0 Å². The van der Waals surface area contributed by atoms with Crippen LogP contribution in [0.25, 0.3) is 0 Å². The Labute approximate surface area is 142 Å². The maximum Gasteiger partial charge on any atom is 0.243 e. The average Bonchev–Trinajstić information content (AvgIpc) is 2.57. The van der Waals surface area contributed by atoms with E-state index in [1.807, 2.05) is 13.8 Å². The monoisotopic (exact) mass is 340 g/mol. The molecule has 8 heteroatoms. The fourth-order valence-corrected chi connectivity index (χ4v) is 2.34. The van der Waals surface area contributed by atoms with E-state index in [9.17, 15) is 19.2 Å². The molecule has 0 spiro atoms. The summed E-state index contributed by atoms with van der Waals surface area (Å²) < 4.78 is 0. The molecule has 8 nitrogen and oxygen atoms in total. The van der Waals surface area contributed by atoms with Crippen LogP contribution < -0.4 is 21.3 Å². The first-order chi connectivity index (χ1) is 11.5. The molecule has 2 atom stereocenters. The van der Waals surface area contributed by atoms with E-state index < -0.39 is 12.1 Å². The van der Waals surface area contributed by atoms with E-state index in [1.54, 1.807) is 0 Å². The van der Waals surface area contributed by atoms with Gasteiger partial charge >= 0.3 is 0 Å². The highest BCUT2D eigenvalue weighted by Gasteiger charge is 2.33. The summed E-state index contributed by atoms with van der Waals surface area (Å²) >= 11 is 0. The molecule has 0 radical (unpaired) electrons. The molecule has 1 saturated heterocycles. The Morgan fingerprint density at radius 3 is 1.54 bits per heavy atom.